The number of hydrogen-bond donors (Lipinski definition) is 2. The molecule has 31 heavy (non-hydrogen) atoms. The molecule has 0 unspecified atom stereocenters. The first kappa shape index (κ1) is 24.1. The van der Waals surface area contributed by atoms with E-state index in [9.17, 15) is 9.59 Å². The molecule has 2 atom stereocenters. The molecule has 0 spiro atoms. The van der Waals surface area contributed by atoms with Crippen LogP contribution in [0.25, 0.3) is 5.69 Å². The number of amides is 2. The van der Waals surface area contributed by atoms with Crippen molar-refractivity contribution in [2.24, 2.45) is 0 Å². The quantitative estimate of drug-likeness (QED) is 0.646. The summed E-state index contributed by atoms with van der Waals surface area (Å²) < 4.78 is 1.81. The van der Waals surface area contributed by atoms with Gasteiger partial charge in [0.05, 0.1) is 5.69 Å². The summed E-state index contributed by atoms with van der Waals surface area (Å²) >= 11 is 0. The van der Waals surface area contributed by atoms with E-state index in [-0.39, 0.29) is 24.3 Å². The maximum Gasteiger partial charge on any atom is 0.290 e. The van der Waals surface area contributed by atoms with Crippen LogP contribution in [0.15, 0.2) is 42.7 Å². The predicted octanol–water partition coefficient (Wildman–Crippen LogP) is 1.52. The van der Waals surface area contributed by atoms with Crippen LogP contribution in [0.4, 0.5) is 0 Å². The second-order valence-corrected chi connectivity index (χ2v) is 7.66. The van der Waals surface area contributed by atoms with Gasteiger partial charge >= 0.3 is 0 Å². The van der Waals surface area contributed by atoms with Crippen molar-refractivity contribution in [2.45, 2.75) is 44.8 Å². The largest absolute Gasteiger partial charge is 0.483 e. The molecule has 0 radical (unpaired) electrons. The van der Waals surface area contributed by atoms with Crippen molar-refractivity contribution in [1.82, 2.24) is 24.9 Å². The van der Waals surface area contributed by atoms with Crippen molar-refractivity contribution >= 4 is 18.3 Å². The minimum atomic E-state index is -0.250. The average molecular weight is 430 g/mol. The molecule has 2 aromatic rings. The van der Waals surface area contributed by atoms with Crippen LogP contribution in [0.5, 0.6) is 0 Å². The highest BCUT2D eigenvalue weighted by Gasteiger charge is 2.32. The van der Waals surface area contributed by atoms with E-state index >= 15 is 0 Å². The van der Waals surface area contributed by atoms with E-state index in [1.807, 2.05) is 55.3 Å². The molecule has 2 amide bonds. The third-order valence-electron chi connectivity index (χ3n) is 5.53. The van der Waals surface area contributed by atoms with Gasteiger partial charge in [-0.2, -0.15) is 5.10 Å². The van der Waals surface area contributed by atoms with Gasteiger partial charge in [-0.3, -0.25) is 19.3 Å². The van der Waals surface area contributed by atoms with Crippen LogP contribution >= 0.6 is 0 Å². The summed E-state index contributed by atoms with van der Waals surface area (Å²) in [6, 6.07) is 10.5. The van der Waals surface area contributed by atoms with Gasteiger partial charge in [-0.25, -0.2) is 4.68 Å². The second-order valence-electron chi connectivity index (χ2n) is 7.66. The van der Waals surface area contributed by atoms with E-state index < -0.39 is 0 Å². The van der Waals surface area contributed by atoms with Gasteiger partial charge in [-0.1, -0.05) is 12.1 Å². The summed E-state index contributed by atoms with van der Waals surface area (Å²) in [5.74, 6) is 0.138. The molecular formula is C22H31N5O4. The van der Waals surface area contributed by atoms with Gasteiger partial charge in [0.2, 0.25) is 11.8 Å². The topological polar surface area (TPSA) is 108 Å². The highest BCUT2D eigenvalue weighted by molar-refractivity contribution is 5.76. The zero-order valence-corrected chi connectivity index (χ0v) is 18.3. The number of carbonyl (C=O) groups excluding carboxylic acids is 2. The van der Waals surface area contributed by atoms with Crippen LogP contribution in [0.3, 0.4) is 0 Å². The van der Waals surface area contributed by atoms with Gasteiger partial charge in [0.15, 0.2) is 0 Å². The van der Waals surface area contributed by atoms with Crippen LogP contribution in [0, 0.1) is 0 Å². The first-order chi connectivity index (χ1) is 14.8. The summed E-state index contributed by atoms with van der Waals surface area (Å²) in [7, 11) is 3.90. The molecule has 2 heterocycles. The van der Waals surface area contributed by atoms with Crippen molar-refractivity contribution < 1.29 is 19.5 Å². The molecule has 1 saturated heterocycles. The van der Waals surface area contributed by atoms with Crippen LogP contribution in [-0.4, -0.2) is 75.7 Å². The van der Waals surface area contributed by atoms with Crippen molar-refractivity contribution in [3.05, 3.63) is 48.3 Å². The molecule has 0 bridgehead atoms. The highest BCUT2D eigenvalue weighted by Crippen LogP contribution is 2.25. The van der Waals surface area contributed by atoms with E-state index in [1.165, 1.54) is 6.92 Å². The van der Waals surface area contributed by atoms with Gasteiger partial charge in [-0.15, -0.1) is 0 Å². The normalized spacial score (nSPS) is 18.0. The molecule has 9 nitrogen and oxygen atoms in total. The van der Waals surface area contributed by atoms with E-state index in [1.54, 1.807) is 11.1 Å². The molecule has 0 saturated carbocycles. The Morgan fingerprint density at radius 2 is 1.90 bits per heavy atom. The molecule has 1 aliphatic rings. The molecule has 1 aliphatic heterocycles. The summed E-state index contributed by atoms with van der Waals surface area (Å²) in [5, 5.41) is 14.0. The molecule has 1 aromatic heterocycles. The Morgan fingerprint density at radius 1 is 1.26 bits per heavy atom. The van der Waals surface area contributed by atoms with Crippen LogP contribution in [-0.2, 0) is 20.9 Å². The molecule has 1 aromatic carbocycles. The molecule has 2 N–H and O–H groups in total. The first-order valence-electron chi connectivity index (χ1n) is 10.2. The number of aromatic nitrogens is 2. The second kappa shape index (κ2) is 11.8. The Balaban J connectivity index is 0.00000107. The van der Waals surface area contributed by atoms with Crippen molar-refractivity contribution in [2.75, 3.05) is 20.6 Å². The summed E-state index contributed by atoms with van der Waals surface area (Å²) in [6.45, 7) is 2.52. The van der Waals surface area contributed by atoms with E-state index in [0.29, 0.717) is 25.6 Å². The number of carbonyl (C=O) groups is 3. The fraction of sp³-hybridized carbons (Fsp3) is 0.455. The summed E-state index contributed by atoms with van der Waals surface area (Å²) in [5.41, 5.74) is 2.09. The van der Waals surface area contributed by atoms with E-state index in [2.05, 4.69) is 15.3 Å². The third kappa shape index (κ3) is 7.21. The number of hydrogen-bond acceptors (Lipinski definition) is 5. The molecule has 168 valence electrons. The first-order valence-corrected chi connectivity index (χ1v) is 10.2. The fourth-order valence-electron chi connectivity index (χ4n) is 3.74. The lowest BCUT2D eigenvalue weighted by molar-refractivity contribution is -0.131. The molecule has 9 heteroatoms. The number of likely N-dealkylation sites (tertiary alicyclic amines) is 1. The number of nitrogens with one attached hydrogen (secondary N) is 1. The number of rotatable bonds is 7. The average Bonchev–Trinajstić information content (AvgIpc) is 3.39. The van der Waals surface area contributed by atoms with Crippen LogP contribution in [0.1, 0.15) is 31.7 Å². The Labute approximate surface area is 182 Å². The highest BCUT2D eigenvalue weighted by atomic mass is 16.3. The molecule has 0 aliphatic carbocycles. The van der Waals surface area contributed by atoms with Crippen molar-refractivity contribution in [1.29, 1.82) is 0 Å². The Kier molecular flexibility index (Phi) is 9.20. The molecular weight excluding hydrogens is 398 g/mol. The van der Waals surface area contributed by atoms with Crippen LogP contribution in [0.2, 0.25) is 0 Å². The van der Waals surface area contributed by atoms with Crippen molar-refractivity contribution in [3.63, 3.8) is 0 Å². The minimum Gasteiger partial charge on any atom is -0.483 e. The number of benzene rings is 1. The standard InChI is InChI=1S/C21H29N5O2.CH2O2/c1-16(27)22-14-20-10-9-19(25(20)3)13-21(28)24(2)15-17-5-7-18(8-6-17)26-12-4-11-23-26;2-1-3/h4-8,11-12,19-20H,9-10,13-15H2,1-3H3,(H,22,27);1H,(H,2,3)/t19-,20+;/m0./s1. The number of likely N-dealkylation sites (N-methyl/N-ethyl adjacent to an activating group) is 1. The fourth-order valence-corrected chi connectivity index (χ4v) is 3.74. The lowest BCUT2D eigenvalue weighted by atomic mass is 10.1. The van der Waals surface area contributed by atoms with Crippen LogP contribution < -0.4 is 5.32 Å². The lowest BCUT2D eigenvalue weighted by Gasteiger charge is -2.27. The number of nitrogens with zero attached hydrogens (tertiary/aromatic N) is 4. The Morgan fingerprint density at radius 3 is 2.48 bits per heavy atom. The SMILES string of the molecule is CC(=O)NC[C@H]1CC[C@@H](CC(=O)N(C)Cc2ccc(-n3cccn3)cc2)N1C.O=CO. The number of carboxylic acid groups (broad SMARTS) is 1. The van der Waals surface area contributed by atoms with Gasteiger partial charge in [0, 0.05) is 58.0 Å². The third-order valence-corrected chi connectivity index (χ3v) is 5.53. The van der Waals surface area contributed by atoms with E-state index in [4.69, 9.17) is 9.90 Å². The zero-order chi connectivity index (χ0) is 22.8. The Hall–Kier alpha value is -3.20. The van der Waals surface area contributed by atoms with E-state index in [0.717, 1.165) is 24.1 Å². The minimum absolute atomic E-state index is 0.00812. The summed E-state index contributed by atoms with van der Waals surface area (Å²) in [4.78, 5) is 36.2. The molecule has 3 rings (SSSR count). The zero-order valence-electron chi connectivity index (χ0n) is 18.3. The van der Waals surface area contributed by atoms with Gasteiger partial charge < -0.3 is 15.3 Å². The smallest absolute Gasteiger partial charge is 0.290 e. The van der Waals surface area contributed by atoms with Gasteiger partial charge in [0.1, 0.15) is 0 Å². The maximum absolute atomic E-state index is 12.7. The Bertz CT molecular complexity index is 838. The predicted molar refractivity (Wildman–Crippen MR) is 117 cm³/mol. The van der Waals surface area contributed by atoms with Crippen molar-refractivity contribution in [3.8, 4) is 5.69 Å². The molecule has 1 fully saturated rings. The summed E-state index contributed by atoms with van der Waals surface area (Å²) in [6.07, 6.45) is 6.16. The lowest BCUT2D eigenvalue weighted by Crippen LogP contribution is -2.42. The van der Waals surface area contributed by atoms with Gasteiger partial charge in [-0.05, 0) is 43.7 Å². The van der Waals surface area contributed by atoms with Gasteiger partial charge in [0.25, 0.3) is 6.47 Å². The maximum atomic E-state index is 12.7. The monoisotopic (exact) mass is 429 g/mol.